The van der Waals surface area contributed by atoms with Crippen molar-refractivity contribution in [3.63, 3.8) is 0 Å². The van der Waals surface area contributed by atoms with Gasteiger partial charge in [-0.05, 0) is 50.1 Å². The van der Waals surface area contributed by atoms with Crippen LogP contribution < -0.4 is 16.8 Å². The number of aryl methyl sites for hydroxylation is 1. The summed E-state index contributed by atoms with van der Waals surface area (Å²) in [6.07, 6.45) is 1.59. The lowest BCUT2D eigenvalue weighted by Gasteiger charge is -2.13. The van der Waals surface area contributed by atoms with Crippen molar-refractivity contribution in [1.82, 2.24) is 0 Å². The van der Waals surface area contributed by atoms with Gasteiger partial charge in [-0.2, -0.15) is 0 Å². The topological polar surface area (TPSA) is 98.2 Å². The second kappa shape index (κ2) is 6.89. The molecule has 104 valence electrons. The van der Waals surface area contributed by atoms with E-state index in [1.165, 1.54) is 0 Å². The molecule has 1 aromatic rings. The number of rotatable bonds is 6. The molecular formula is C14H21N3O2. The second-order valence-electron chi connectivity index (χ2n) is 4.72. The largest absolute Gasteiger partial charge is 0.366 e. The van der Waals surface area contributed by atoms with E-state index in [-0.39, 0.29) is 11.8 Å². The van der Waals surface area contributed by atoms with Crippen LogP contribution in [0.3, 0.4) is 0 Å². The smallest absolute Gasteiger partial charge is 0.248 e. The first-order chi connectivity index (χ1) is 8.95. The quantitative estimate of drug-likeness (QED) is 0.723. The van der Waals surface area contributed by atoms with E-state index >= 15 is 0 Å². The fraction of sp³-hybridized carbons (Fsp3) is 0.429. The highest BCUT2D eigenvalue weighted by atomic mass is 16.2. The maximum atomic E-state index is 11.9. The van der Waals surface area contributed by atoms with Gasteiger partial charge in [0.25, 0.3) is 0 Å². The summed E-state index contributed by atoms with van der Waals surface area (Å²) in [6, 6.07) is 4.97. The van der Waals surface area contributed by atoms with Crippen molar-refractivity contribution < 1.29 is 9.59 Å². The Hall–Kier alpha value is -1.88. The van der Waals surface area contributed by atoms with Crippen LogP contribution in [0, 0.1) is 12.8 Å². The van der Waals surface area contributed by atoms with Gasteiger partial charge in [0.15, 0.2) is 0 Å². The Kier molecular flexibility index (Phi) is 5.51. The minimum atomic E-state index is -0.475. The molecule has 1 rings (SSSR count). The number of benzene rings is 1. The number of nitrogens with one attached hydrogen (secondary N) is 1. The zero-order valence-corrected chi connectivity index (χ0v) is 11.4. The van der Waals surface area contributed by atoms with Crippen LogP contribution in [-0.4, -0.2) is 18.4 Å². The molecule has 0 aliphatic rings. The van der Waals surface area contributed by atoms with E-state index in [9.17, 15) is 9.59 Å². The molecule has 0 fully saturated rings. The molecule has 0 heterocycles. The molecule has 1 atom stereocenters. The number of nitrogens with two attached hydrogens (primary N) is 2. The van der Waals surface area contributed by atoms with Crippen LogP contribution in [0.25, 0.3) is 0 Å². The molecule has 5 heteroatoms. The van der Waals surface area contributed by atoms with Gasteiger partial charge in [0.1, 0.15) is 0 Å². The van der Waals surface area contributed by atoms with E-state index in [2.05, 4.69) is 5.32 Å². The van der Waals surface area contributed by atoms with E-state index in [4.69, 9.17) is 11.5 Å². The van der Waals surface area contributed by atoms with Crippen molar-refractivity contribution in [2.75, 3.05) is 11.9 Å². The Labute approximate surface area is 113 Å². The van der Waals surface area contributed by atoms with Crippen molar-refractivity contribution in [2.45, 2.75) is 26.7 Å². The molecular weight excluding hydrogens is 242 g/mol. The summed E-state index contributed by atoms with van der Waals surface area (Å²) in [7, 11) is 0. The van der Waals surface area contributed by atoms with Gasteiger partial charge >= 0.3 is 0 Å². The normalized spacial score (nSPS) is 11.9. The van der Waals surface area contributed by atoms with E-state index in [1.54, 1.807) is 18.2 Å². The number of carbonyl (C=O) groups is 2. The Bertz CT molecular complexity index is 472. The zero-order valence-electron chi connectivity index (χ0n) is 11.4. The minimum absolute atomic E-state index is 0.0385. The van der Waals surface area contributed by atoms with Crippen LogP contribution in [0.2, 0.25) is 0 Å². The van der Waals surface area contributed by atoms with E-state index in [0.717, 1.165) is 18.4 Å². The van der Waals surface area contributed by atoms with E-state index in [0.29, 0.717) is 17.8 Å². The molecule has 5 nitrogen and oxygen atoms in total. The number of amides is 2. The van der Waals surface area contributed by atoms with Gasteiger partial charge in [-0.15, -0.1) is 0 Å². The molecule has 0 saturated heterocycles. The lowest BCUT2D eigenvalue weighted by Crippen LogP contribution is -2.22. The Morgan fingerprint density at radius 1 is 1.37 bits per heavy atom. The Balaban J connectivity index is 2.72. The maximum Gasteiger partial charge on any atom is 0.248 e. The van der Waals surface area contributed by atoms with Crippen molar-refractivity contribution in [3.05, 3.63) is 29.3 Å². The number of carbonyl (C=O) groups excluding carboxylic acids is 2. The van der Waals surface area contributed by atoms with Gasteiger partial charge in [-0.3, -0.25) is 9.59 Å². The summed E-state index contributed by atoms with van der Waals surface area (Å²) in [5.41, 5.74) is 12.6. The molecule has 0 aliphatic heterocycles. The highest BCUT2D eigenvalue weighted by Crippen LogP contribution is 2.18. The molecule has 1 unspecified atom stereocenters. The van der Waals surface area contributed by atoms with E-state index < -0.39 is 5.91 Å². The van der Waals surface area contributed by atoms with Crippen molar-refractivity contribution in [2.24, 2.45) is 17.4 Å². The molecule has 5 N–H and O–H groups in total. The molecule has 0 spiro atoms. The molecule has 0 saturated carbocycles. The number of anilines is 1. The van der Waals surface area contributed by atoms with Crippen LogP contribution in [0.4, 0.5) is 5.69 Å². The number of hydrogen-bond donors (Lipinski definition) is 3. The van der Waals surface area contributed by atoms with Gasteiger partial charge in [0.2, 0.25) is 11.8 Å². The standard InChI is InChI=1S/C14H21N3O2/c1-9(4-3-7-15)14(19)17-12-6-5-11(13(16)18)8-10(12)2/h5-6,8-9H,3-4,7,15H2,1-2H3,(H2,16,18)(H,17,19). The summed E-state index contributed by atoms with van der Waals surface area (Å²) < 4.78 is 0. The van der Waals surface area contributed by atoms with Crippen molar-refractivity contribution in [3.8, 4) is 0 Å². The Morgan fingerprint density at radius 2 is 2.05 bits per heavy atom. The van der Waals surface area contributed by atoms with Gasteiger partial charge in [0, 0.05) is 17.2 Å². The molecule has 0 radical (unpaired) electrons. The average molecular weight is 263 g/mol. The SMILES string of the molecule is Cc1cc(C(N)=O)ccc1NC(=O)C(C)CCCN. The molecule has 2 amide bonds. The summed E-state index contributed by atoms with van der Waals surface area (Å²) in [6.45, 7) is 4.29. The lowest BCUT2D eigenvalue weighted by molar-refractivity contribution is -0.119. The average Bonchev–Trinajstić information content (AvgIpc) is 2.37. The predicted molar refractivity (Wildman–Crippen MR) is 75.8 cm³/mol. The van der Waals surface area contributed by atoms with Gasteiger partial charge in [-0.1, -0.05) is 6.92 Å². The Morgan fingerprint density at radius 3 is 2.58 bits per heavy atom. The third-order valence-corrected chi connectivity index (χ3v) is 3.06. The van der Waals surface area contributed by atoms with Gasteiger partial charge in [-0.25, -0.2) is 0 Å². The first-order valence-electron chi connectivity index (χ1n) is 6.37. The summed E-state index contributed by atoms with van der Waals surface area (Å²) in [5.74, 6) is -0.598. The third-order valence-electron chi connectivity index (χ3n) is 3.06. The van der Waals surface area contributed by atoms with Crippen LogP contribution >= 0.6 is 0 Å². The molecule has 0 aromatic heterocycles. The monoisotopic (exact) mass is 263 g/mol. The lowest BCUT2D eigenvalue weighted by atomic mass is 10.0. The first-order valence-corrected chi connectivity index (χ1v) is 6.37. The highest BCUT2D eigenvalue weighted by Gasteiger charge is 2.13. The maximum absolute atomic E-state index is 11.9. The fourth-order valence-electron chi connectivity index (χ4n) is 1.77. The van der Waals surface area contributed by atoms with Crippen molar-refractivity contribution in [1.29, 1.82) is 0 Å². The first kappa shape index (κ1) is 15.2. The second-order valence-corrected chi connectivity index (χ2v) is 4.72. The third kappa shape index (κ3) is 4.37. The van der Waals surface area contributed by atoms with Crippen LogP contribution in [0.5, 0.6) is 0 Å². The summed E-state index contributed by atoms with van der Waals surface area (Å²) in [4.78, 5) is 23.0. The highest BCUT2D eigenvalue weighted by molar-refractivity contribution is 5.96. The summed E-state index contributed by atoms with van der Waals surface area (Å²) in [5, 5.41) is 2.85. The predicted octanol–water partition coefficient (Wildman–Crippen LogP) is 1.41. The number of primary amides is 1. The summed E-state index contributed by atoms with van der Waals surface area (Å²) >= 11 is 0. The van der Waals surface area contributed by atoms with Gasteiger partial charge < -0.3 is 16.8 Å². The number of hydrogen-bond acceptors (Lipinski definition) is 3. The molecule has 19 heavy (non-hydrogen) atoms. The zero-order chi connectivity index (χ0) is 14.4. The van der Waals surface area contributed by atoms with Crippen LogP contribution in [-0.2, 0) is 4.79 Å². The minimum Gasteiger partial charge on any atom is -0.366 e. The van der Waals surface area contributed by atoms with Crippen LogP contribution in [0.15, 0.2) is 18.2 Å². The van der Waals surface area contributed by atoms with Gasteiger partial charge in [0.05, 0.1) is 0 Å². The van der Waals surface area contributed by atoms with Crippen LogP contribution in [0.1, 0.15) is 35.7 Å². The fourth-order valence-corrected chi connectivity index (χ4v) is 1.77. The van der Waals surface area contributed by atoms with Crippen molar-refractivity contribution >= 4 is 17.5 Å². The van der Waals surface area contributed by atoms with E-state index in [1.807, 2.05) is 13.8 Å². The molecule has 0 bridgehead atoms. The molecule has 0 aliphatic carbocycles. The molecule has 1 aromatic carbocycles.